The van der Waals surface area contributed by atoms with Gasteiger partial charge in [-0.05, 0) is 38.3 Å². The molecule has 0 aliphatic carbocycles. The average Bonchev–Trinajstić information content (AvgIpc) is 2.61. The Morgan fingerprint density at radius 1 is 1.36 bits per heavy atom. The Kier molecular flexibility index (Phi) is 2.61. The van der Waals surface area contributed by atoms with Gasteiger partial charge < -0.3 is 4.90 Å². The Morgan fingerprint density at radius 2 is 1.93 bits per heavy atom. The molecule has 76 valence electrons. The molecule has 2 heterocycles. The normalized spacial score (nSPS) is 22.1. The number of amides is 1. The number of rotatable bonds is 1. The highest BCUT2D eigenvalue weighted by molar-refractivity contribution is 9.13. The lowest BCUT2D eigenvalue weighted by atomic mass is 10.3. The number of hydrogen-bond donors (Lipinski definition) is 0. The van der Waals surface area contributed by atoms with E-state index in [-0.39, 0.29) is 12.1 Å². The summed E-state index contributed by atoms with van der Waals surface area (Å²) in [5.74, 6) is 0.138. The first-order chi connectivity index (χ1) is 6.59. The van der Waals surface area contributed by atoms with Gasteiger partial charge in [0.15, 0.2) is 9.21 Å². The van der Waals surface area contributed by atoms with E-state index < -0.39 is 0 Å². The van der Waals surface area contributed by atoms with E-state index in [9.17, 15) is 4.79 Å². The van der Waals surface area contributed by atoms with Crippen molar-refractivity contribution in [2.45, 2.75) is 19.0 Å². The van der Waals surface area contributed by atoms with E-state index >= 15 is 0 Å². The SMILES string of the molecule is CN1C(=O)CCC1n1nc(Br)c(Br)n1. The summed E-state index contributed by atoms with van der Waals surface area (Å²) in [4.78, 5) is 14.5. The highest BCUT2D eigenvalue weighted by atomic mass is 79.9. The summed E-state index contributed by atoms with van der Waals surface area (Å²) in [5.41, 5.74) is 0. The molecule has 0 aromatic carbocycles. The van der Waals surface area contributed by atoms with E-state index in [1.807, 2.05) is 0 Å². The molecule has 1 aliphatic rings. The van der Waals surface area contributed by atoms with Crippen molar-refractivity contribution in [1.29, 1.82) is 0 Å². The maximum atomic E-state index is 11.3. The van der Waals surface area contributed by atoms with Crippen LogP contribution >= 0.6 is 31.9 Å². The Balaban J connectivity index is 2.28. The second-order valence-corrected chi connectivity index (χ2v) is 4.63. The molecule has 1 aromatic heterocycles. The number of carbonyl (C=O) groups excluding carboxylic acids is 1. The third-order valence-electron chi connectivity index (χ3n) is 2.27. The fraction of sp³-hybridized carbons (Fsp3) is 0.571. The Bertz CT molecular complexity index is 358. The molecule has 14 heavy (non-hydrogen) atoms. The molecule has 1 amide bonds. The van der Waals surface area contributed by atoms with E-state index in [0.29, 0.717) is 15.6 Å². The molecule has 1 atom stereocenters. The van der Waals surface area contributed by atoms with Gasteiger partial charge in [-0.2, -0.15) is 4.80 Å². The lowest BCUT2D eigenvalue weighted by Crippen LogP contribution is -2.28. The quantitative estimate of drug-likeness (QED) is 0.788. The van der Waals surface area contributed by atoms with Gasteiger partial charge in [-0.15, -0.1) is 10.2 Å². The lowest BCUT2D eigenvalue weighted by molar-refractivity contribution is -0.128. The fourth-order valence-electron chi connectivity index (χ4n) is 1.48. The highest BCUT2D eigenvalue weighted by Gasteiger charge is 2.30. The van der Waals surface area contributed by atoms with Crippen molar-refractivity contribution in [2.24, 2.45) is 0 Å². The van der Waals surface area contributed by atoms with Crippen LogP contribution in [0.25, 0.3) is 0 Å². The van der Waals surface area contributed by atoms with Crippen LogP contribution in [-0.2, 0) is 4.79 Å². The van der Waals surface area contributed by atoms with Crippen LogP contribution in [0.5, 0.6) is 0 Å². The molecule has 7 heteroatoms. The predicted octanol–water partition coefficient (Wildman–Crippen LogP) is 1.55. The predicted molar refractivity (Wildman–Crippen MR) is 56.5 cm³/mol. The molecule has 1 aliphatic heterocycles. The van der Waals surface area contributed by atoms with E-state index in [1.54, 1.807) is 16.7 Å². The third kappa shape index (κ3) is 1.58. The number of hydrogen-bond acceptors (Lipinski definition) is 3. The van der Waals surface area contributed by atoms with Crippen LogP contribution in [0, 0.1) is 0 Å². The molecule has 0 saturated carbocycles. The summed E-state index contributed by atoms with van der Waals surface area (Å²) in [6.45, 7) is 0. The fourth-order valence-corrected chi connectivity index (χ4v) is 1.96. The summed E-state index contributed by atoms with van der Waals surface area (Å²) in [7, 11) is 1.77. The molecule has 1 unspecified atom stereocenters. The van der Waals surface area contributed by atoms with Crippen LogP contribution in [0.4, 0.5) is 0 Å². The van der Waals surface area contributed by atoms with Crippen molar-refractivity contribution in [3.05, 3.63) is 9.21 Å². The van der Waals surface area contributed by atoms with Gasteiger partial charge in [-0.1, -0.05) is 0 Å². The Labute approximate surface area is 97.7 Å². The van der Waals surface area contributed by atoms with Crippen LogP contribution in [-0.4, -0.2) is 32.8 Å². The second kappa shape index (κ2) is 3.62. The van der Waals surface area contributed by atoms with E-state index in [0.717, 1.165) is 6.42 Å². The van der Waals surface area contributed by atoms with Crippen molar-refractivity contribution in [3.63, 3.8) is 0 Å². The van der Waals surface area contributed by atoms with Crippen LogP contribution in [0.2, 0.25) is 0 Å². The van der Waals surface area contributed by atoms with Gasteiger partial charge in [-0.25, -0.2) is 0 Å². The van der Waals surface area contributed by atoms with Crippen molar-refractivity contribution in [3.8, 4) is 0 Å². The van der Waals surface area contributed by atoms with E-state index in [1.165, 1.54) is 0 Å². The molecule has 0 radical (unpaired) electrons. The number of aromatic nitrogens is 3. The largest absolute Gasteiger partial charge is 0.322 e. The first kappa shape index (κ1) is 10.1. The zero-order chi connectivity index (χ0) is 10.3. The summed E-state index contributed by atoms with van der Waals surface area (Å²) in [5, 5.41) is 8.32. The lowest BCUT2D eigenvalue weighted by Gasteiger charge is -2.18. The molecule has 5 nitrogen and oxygen atoms in total. The summed E-state index contributed by atoms with van der Waals surface area (Å²) >= 11 is 6.51. The Hall–Kier alpha value is -0.430. The van der Waals surface area contributed by atoms with Crippen LogP contribution < -0.4 is 0 Å². The Morgan fingerprint density at radius 3 is 2.36 bits per heavy atom. The van der Waals surface area contributed by atoms with Gasteiger partial charge in [0.05, 0.1) is 0 Å². The smallest absolute Gasteiger partial charge is 0.224 e. The van der Waals surface area contributed by atoms with Crippen molar-refractivity contribution in [2.75, 3.05) is 7.05 Å². The number of carbonyl (C=O) groups is 1. The molecule has 0 bridgehead atoms. The summed E-state index contributed by atoms with van der Waals surface area (Å²) in [6, 6.07) is 0. The van der Waals surface area contributed by atoms with Gasteiger partial charge in [-0.3, -0.25) is 4.79 Å². The topological polar surface area (TPSA) is 51.0 Å². The zero-order valence-corrected chi connectivity index (χ0v) is 10.6. The number of likely N-dealkylation sites (tertiary alicyclic amines) is 1. The minimum Gasteiger partial charge on any atom is -0.322 e. The molecule has 1 aromatic rings. The molecule has 0 spiro atoms. The maximum Gasteiger partial charge on any atom is 0.224 e. The van der Waals surface area contributed by atoms with Crippen LogP contribution in [0.1, 0.15) is 19.0 Å². The number of halogens is 2. The monoisotopic (exact) mass is 322 g/mol. The van der Waals surface area contributed by atoms with Crippen molar-refractivity contribution >= 4 is 37.8 Å². The average molecular weight is 324 g/mol. The van der Waals surface area contributed by atoms with Gasteiger partial charge in [0, 0.05) is 13.5 Å². The third-order valence-corrected chi connectivity index (χ3v) is 3.87. The van der Waals surface area contributed by atoms with Gasteiger partial charge in [0.1, 0.15) is 6.17 Å². The molecular weight excluding hydrogens is 316 g/mol. The molecule has 2 rings (SSSR count). The first-order valence-corrected chi connectivity index (χ1v) is 5.71. The molecule has 1 saturated heterocycles. The van der Waals surface area contributed by atoms with Gasteiger partial charge in [0.25, 0.3) is 0 Å². The minimum atomic E-state index is -0.0508. The molecule has 0 N–H and O–H groups in total. The second-order valence-electron chi connectivity index (χ2n) is 3.13. The van der Waals surface area contributed by atoms with Gasteiger partial charge >= 0.3 is 0 Å². The van der Waals surface area contributed by atoms with Crippen molar-refractivity contribution in [1.82, 2.24) is 19.9 Å². The summed E-state index contributed by atoms with van der Waals surface area (Å²) < 4.78 is 1.32. The molecule has 1 fully saturated rings. The maximum absolute atomic E-state index is 11.3. The van der Waals surface area contributed by atoms with E-state index in [2.05, 4.69) is 42.1 Å². The standard InChI is InChI=1S/C7H8Br2N4O/c1-12-4(2-3-5(12)14)13-10-6(8)7(9)11-13/h4H,2-3H2,1H3. The van der Waals surface area contributed by atoms with Crippen LogP contribution in [0.15, 0.2) is 9.21 Å². The zero-order valence-electron chi connectivity index (χ0n) is 7.44. The minimum absolute atomic E-state index is 0.0508. The highest BCUT2D eigenvalue weighted by Crippen LogP contribution is 2.27. The number of nitrogens with zero attached hydrogens (tertiary/aromatic N) is 4. The molecular formula is C7H8Br2N4O. The van der Waals surface area contributed by atoms with Crippen LogP contribution in [0.3, 0.4) is 0 Å². The first-order valence-electron chi connectivity index (χ1n) is 4.13. The van der Waals surface area contributed by atoms with E-state index in [4.69, 9.17) is 0 Å². The van der Waals surface area contributed by atoms with Gasteiger partial charge in [0.2, 0.25) is 5.91 Å². The summed E-state index contributed by atoms with van der Waals surface area (Å²) in [6.07, 6.45) is 1.28. The van der Waals surface area contributed by atoms with Crippen molar-refractivity contribution < 1.29 is 4.79 Å².